The molecule has 0 aromatic heterocycles. The second-order valence-corrected chi connectivity index (χ2v) is 14.1. The van der Waals surface area contributed by atoms with Crippen molar-refractivity contribution in [1.29, 1.82) is 0 Å². The molecule has 3 fully saturated rings. The molecule has 1 amide bonds. The lowest BCUT2D eigenvalue weighted by Gasteiger charge is -2.37. The Morgan fingerprint density at radius 1 is 0.872 bits per heavy atom. The van der Waals surface area contributed by atoms with E-state index in [9.17, 15) is 14.7 Å². The zero-order valence-electron chi connectivity index (χ0n) is 26.4. The van der Waals surface area contributed by atoms with Gasteiger partial charge in [0.05, 0.1) is 6.61 Å². The van der Waals surface area contributed by atoms with Crippen LogP contribution in [0.1, 0.15) is 75.0 Å². The highest BCUT2D eigenvalue weighted by molar-refractivity contribution is 6.30. The number of hydrogen-bond acceptors (Lipinski definition) is 5. The van der Waals surface area contributed by atoms with Gasteiger partial charge in [-0.2, -0.15) is 8.78 Å². The molecule has 3 aliphatic rings. The standard InChI is InChI=1S/C38H43ClF2N2O4/c39-30-16-10-25(11-17-30)24-8-14-29(15-9-24)38(40,41)36(35(45)33-27-6-7-28(33)21-31(42)20-27)43-37(46)34(44)26-12-18-32(19-13-26)47-22-23-4-2-1-3-5-23/h8-19,23,27-28,31,33-34,36,44H,1-7,20-22,42H2,(H,43,46)/t27?,28?,31?,33?,34-,36+/m1/s1. The normalized spacial score (nSPS) is 24.4. The van der Waals surface area contributed by atoms with Crippen molar-refractivity contribution in [1.82, 2.24) is 5.32 Å². The van der Waals surface area contributed by atoms with Gasteiger partial charge in [0, 0.05) is 22.5 Å². The van der Waals surface area contributed by atoms with Crippen LogP contribution in [0.15, 0.2) is 72.8 Å². The lowest BCUT2D eigenvalue weighted by Crippen LogP contribution is -2.56. The molecule has 3 saturated carbocycles. The third-order valence-corrected chi connectivity index (χ3v) is 10.8. The summed E-state index contributed by atoms with van der Waals surface area (Å²) >= 11 is 6.00. The minimum Gasteiger partial charge on any atom is -0.493 e. The number of rotatable bonds is 11. The number of alkyl halides is 2. The first-order valence-corrected chi connectivity index (χ1v) is 17.2. The third kappa shape index (κ3) is 7.55. The van der Waals surface area contributed by atoms with Gasteiger partial charge in [0.15, 0.2) is 17.9 Å². The summed E-state index contributed by atoms with van der Waals surface area (Å²) in [6.45, 7) is 0.607. The number of nitrogens with two attached hydrogens (primary N) is 1. The first-order chi connectivity index (χ1) is 22.6. The quantitative estimate of drug-likeness (QED) is 0.196. The zero-order chi connectivity index (χ0) is 33.1. The second-order valence-electron chi connectivity index (χ2n) is 13.7. The number of benzene rings is 3. The molecule has 6 rings (SSSR count). The van der Waals surface area contributed by atoms with E-state index >= 15 is 8.78 Å². The van der Waals surface area contributed by atoms with E-state index in [1.165, 1.54) is 31.4 Å². The van der Waals surface area contributed by atoms with Crippen molar-refractivity contribution in [3.8, 4) is 16.9 Å². The number of aliphatic hydroxyl groups is 1. The van der Waals surface area contributed by atoms with Gasteiger partial charge in [-0.3, -0.25) is 9.59 Å². The number of nitrogens with one attached hydrogen (secondary N) is 1. The van der Waals surface area contributed by atoms with Gasteiger partial charge in [-0.25, -0.2) is 0 Å². The highest BCUT2D eigenvalue weighted by Crippen LogP contribution is 2.49. The molecule has 47 heavy (non-hydrogen) atoms. The van der Waals surface area contributed by atoms with E-state index in [0.717, 1.165) is 31.2 Å². The van der Waals surface area contributed by atoms with Gasteiger partial charge in [-0.05, 0) is 97.2 Å². The SMILES string of the molecule is NC1CC2CCC(C1)C2C(=O)[C@H](NC(=O)[C@H](O)c1ccc(OCC2CCCCC2)cc1)C(F)(F)c1ccc(-c2ccc(Cl)cc2)cc1. The van der Waals surface area contributed by atoms with Gasteiger partial charge in [-0.1, -0.05) is 79.4 Å². The first kappa shape index (κ1) is 33.6. The molecule has 9 heteroatoms. The Balaban J connectivity index is 1.21. The van der Waals surface area contributed by atoms with E-state index in [0.29, 0.717) is 41.7 Å². The summed E-state index contributed by atoms with van der Waals surface area (Å²) in [6, 6.07) is 16.9. The number of amides is 1. The number of carbonyl (C=O) groups is 2. The Hall–Kier alpha value is -3.33. The smallest absolute Gasteiger partial charge is 0.300 e. The molecule has 6 nitrogen and oxygen atoms in total. The fourth-order valence-electron chi connectivity index (χ4n) is 7.95. The molecule has 0 radical (unpaired) electrons. The van der Waals surface area contributed by atoms with Crippen molar-refractivity contribution >= 4 is 23.3 Å². The van der Waals surface area contributed by atoms with Crippen LogP contribution in [-0.4, -0.2) is 35.5 Å². The molecule has 2 bridgehead atoms. The van der Waals surface area contributed by atoms with E-state index in [-0.39, 0.29) is 23.4 Å². The second kappa shape index (κ2) is 14.4. The summed E-state index contributed by atoms with van der Waals surface area (Å²) in [4.78, 5) is 27.5. The van der Waals surface area contributed by atoms with Gasteiger partial charge in [0.25, 0.3) is 11.8 Å². The molecule has 4 N–H and O–H groups in total. The van der Waals surface area contributed by atoms with E-state index in [4.69, 9.17) is 22.1 Å². The fraction of sp³-hybridized carbons (Fsp3) is 0.474. The average molecular weight is 665 g/mol. The third-order valence-electron chi connectivity index (χ3n) is 10.5. The van der Waals surface area contributed by atoms with Crippen LogP contribution in [-0.2, 0) is 15.5 Å². The first-order valence-electron chi connectivity index (χ1n) is 16.8. The van der Waals surface area contributed by atoms with Crippen LogP contribution in [0.5, 0.6) is 5.75 Å². The molecule has 3 aromatic carbocycles. The highest BCUT2D eigenvalue weighted by atomic mass is 35.5. The van der Waals surface area contributed by atoms with E-state index in [2.05, 4.69) is 5.32 Å². The largest absolute Gasteiger partial charge is 0.493 e. The van der Waals surface area contributed by atoms with E-state index in [1.807, 2.05) is 0 Å². The van der Waals surface area contributed by atoms with Crippen molar-refractivity contribution < 1.29 is 28.2 Å². The van der Waals surface area contributed by atoms with Crippen LogP contribution in [0.4, 0.5) is 8.78 Å². The van der Waals surface area contributed by atoms with E-state index in [1.54, 1.807) is 60.7 Å². The van der Waals surface area contributed by atoms with Crippen molar-refractivity contribution in [3.63, 3.8) is 0 Å². The molecule has 2 unspecified atom stereocenters. The van der Waals surface area contributed by atoms with Crippen LogP contribution in [0.2, 0.25) is 5.02 Å². The topological polar surface area (TPSA) is 102 Å². The Kier molecular flexibility index (Phi) is 10.3. The predicted octanol–water partition coefficient (Wildman–Crippen LogP) is 7.61. The molecule has 250 valence electrons. The Labute approximate surface area is 280 Å². The van der Waals surface area contributed by atoms with Crippen molar-refractivity contribution in [3.05, 3.63) is 88.9 Å². The number of ketones is 1. The molecule has 3 aromatic rings. The molecule has 0 heterocycles. The monoisotopic (exact) mass is 664 g/mol. The molecular weight excluding hydrogens is 622 g/mol. The maximum absolute atomic E-state index is 16.5. The van der Waals surface area contributed by atoms with Crippen LogP contribution < -0.4 is 15.8 Å². The minimum atomic E-state index is -3.75. The van der Waals surface area contributed by atoms with Gasteiger partial charge in [0.2, 0.25) is 0 Å². The summed E-state index contributed by atoms with van der Waals surface area (Å²) in [5, 5.41) is 13.9. The summed E-state index contributed by atoms with van der Waals surface area (Å²) in [5.41, 5.74) is 7.54. The molecule has 0 spiro atoms. The predicted molar refractivity (Wildman–Crippen MR) is 178 cm³/mol. The number of carbonyl (C=O) groups excluding carboxylic acids is 2. The van der Waals surface area contributed by atoms with Crippen LogP contribution in [0, 0.1) is 23.7 Å². The Morgan fingerprint density at radius 3 is 2.04 bits per heavy atom. The van der Waals surface area contributed by atoms with Crippen LogP contribution in [0.25, 0.3) is 11.1 Å². The highest BCUT2D eigenvalue weighted by Gasteiger charge is 2.54. The van der Waals surface area contributed by atoms with Gasteiger partial charge in [-0.15, -0.1) is 0 Å². The molecule has 3 aliphatic carbocycles. The van der Waals surface area contributed by atoms with Gasteiger partial charge < -0.3 is 20.9 Å². The van der Waals surface area contributed by atoms with Gasteiger partial charge in [0.1, 0.15) is 5.75 Å². The van der Waals surface area contributed by atoms with Crippen molar-refractivity contribution in [2.45, 2.75) is 81.9 Å². The maximum Gasteiger partial charge on any atom is 0.300 e. The van der Waals surface area contributed by atoms with Crippen LogP contribution >= 0.6 is 11.6 Å². The summed E-state index contributed by atoms with van der Waals surface area (Å²) in [7, 11) is 0. The van der Waals surface area contributed by atoms with Crippen LogP contribution in [0.3, 0.4) is 0 Å². The lowest BCUT2D eigenvalue weighted by molar-refractivity contribution is -0.148. The molecule has 0 saturated heterocycles. The number of hydrogen-bond donors (Lipinski definition) is 3. The zero-order valence-corrected chi connectivity index (χ0v) is 27.2. The molecular formula is C38H43ClF2N2O4. The molecule has 0 aliphatic heterocycles. The van der Waals surface area contributed by atoms with E-state index < -0.39 is 41.2 Å². The maximum atomic E-state index is 16.5. The van der Waals surface area contributed by atoms with Crippen molar-refractivity contribution in [2.75, 3.05) is 6.61 Å². The summed E-state index contributed by atoms with van der Waals surface area (Å²) in [6.07, 6.45) is 6.88. The Morgan fingerprint density at radius 2 is 1.45 bits per heavy atom. The lowest BCUT2D eigenvalue weighted by atomic mass is 9.72. The summed E-state index contributed by atoms with van der Waals surface area (Å²) < 4.78 is 38.9. The molecule has 4 atom stereocenters. The Bertz CT molecular complexity index is 1510. The number of halogens is 3. The summed E-state index contributed by atoms with van der Waals surface area (Å²) in [5.74, 6) is -5.23. The number of ether oxygens (including phenoxy) is 1. The average Bonchev–Trinajstić information content (AvgIpc) is 3.36. The minimum absolute atomic E-state index is 0.0676. The van der Waals surface area contributed by atoms with Crippen molar-refractivity contribution in [2.24, 2.45) is 29.4 Å². The number of Topliss-reactive ketones (excluding diaryl/α,β-unsaturated/α-hetero) is 1. The van der Waals surface area contributed by atoms with Gasteiger partial charge >= 0.3 is 0 Å². The number of aliphatic hydroxyl groups excluding tert-OH is 1. The number of fused-ring (bicyclic) bond motifs is 2. The fourth-order valence-corrected chi connectivity index (χ4v) is 8.08.